The Labute approximate surface area is 132 Å². The quantitative estimate of drug-likeness (QED) is 0.842. The summed E-state index contributed by atoms with van der Waals surface area (Å²) in [5.41, 5.74) is 0.614. The molecule has 2 aliphatic rings. The minimum Gasteiger partial charge on any atom is -0.341 e. The molecule has 1 amide bonds. The monoisotopic (exact) mass is 302 g/mol. The molecule has 0 N–H and O–H groups in total. The van der Waals surface area contributed by atoms with Crippen molar-refractivity contribution in [3.05, 3.63) is 18.0 Å². The summed E-state index contributed by atoms with van der Waals surface area (Å²) in [5, 5.41) is 0. The van der Waals surface area contributed by atoms with Gasteiger partial charge in [0.2, 0.25) is 5.95 Å². The van der Waals surface area contributed by atoms with E-state index in [4.69, 9.17) is 0 Å². The number of likely N-dealkylation sites (tertiary alicyclic amines) is 1. The van der Waals surface area contributed by atoms with Crippen LogP contribution in [-0.4, -0.2) is 47.0 Å². The average Bonchev–Trinajstić information content (AvgIpc) is 2.55. The summed E-state index contributed by atoms with van der Waals surface area (Å²) in [5.74, 6) is 2.22. The van der Waals surface area contributed by atoms with Crippen molar-refractivity contribution in [2.45, 2.75) is 39.5 Å². The standard InChI is InChI=1S/C17H26N4O/c1-13-5-8-20(9-6-13)17-18-10-15(11-19-17)16(22)21-7-3-4-14(2)12-21/h10-11,13-14H,3-9,12H2,1-2H3. The van der Waals surface area contributed by atoms with Gasteiger partial charge in [-0.05, 0) is 37.5 Å². The van der Waals surface area contributed by atoms with Crippen LogP contribution in [0.5, 0.6) is 0 Å². The van der Waals surface area contributed by atoms with Crippen LogP contribution in [0.15, 0.2) is 12.4 Å². The van der Waals surface area contributed by atoms with E-state index in [0.29, 0.717) is 11.5 Å². The van der Waals surface area contributed by atoms with E-state index in [0.717, 1.165) is 44.5 Å². The highest BCUT2D eigenvalue weighted by Crippen LogP contribution is 2.21. The lowest BCUT2D eigenvalue weighted by molar-refractivity contribution is 0.0682. The van der Waals surface area contributed by atoms with Gasteiger partial charge in [0.05, 0.1) is 5.56 Å². The van der Waals surface area contributed by atoms with Gasteiger partial charge in [0.15, 0.2) is 0 Å². The number of carbonyl (C=O) groups is 1. The Morgan fingerprint density at radius 1 is 1.05 bits per heavy atom. The van der Waals surface area contributed by atoms with Crippen LogP contribution in [0.25, 0.3) is 0 Å². The Balaban J connectivity index is 1.64. The fraction of sp³-hybridized carbons (Fsp3) is 0.706. The van der Waals surface area contributed by atoms with Crippen molar-refractivity contribution < 1.29 is 4.79 Å². The third kappa shape index (κ3) is 3.39. The van der Waals surface area contributed by atoms with E-state index in [2.05, 4.69) is 28.7 Å². The van der Waals surface area contributed by atoms with E-state index < -0.39 is 0 Å². The van der Waals surface area contributed by atoms with Gasteiger partial charge in [-0.2, -0.15) is 0 Å². The first-order chi connectivity index (χ1) is 10.6. The highest BCUT2D eigenvalue weighted by atomic mass is 16.2. The number of rotatable bonds is 2. The zero-order chi connectivity index (χ0) is 15.5. The first-order valence-electron chi connectivity index (χ1n) is 8.49. The molecule has 5 heteroatoms. The van der Waals surface area contributed by atoms with Gasteiger partial charge in [-0.15, -0.1) is 0 Å². The predicted molar refractivity (Wildman–Crippen MR) is 86.9 cm³/mol. The number of carbonyl (C=O) groups excluding carboxylic acids is 1. The second-order valence-corrected chi connectivity index (χ2v) is 6.94. The summed E-state index contributed by atoms with van der Waals surface area (Å²) in [6.07, 6.45) is 8.08. The lowest BCUT2D eigenvalue weighted by Crippen LogP contribution is -2.39. The molecule has 1 unspecified atom stereocenters. The summed E-state index contributed by atoms with van der Waals surface area (Å²) in [7, 11) is 0. The molecule has 120 valence electrons. The van der Waals surface area contributed by atoms with Gasteiger partial charge < -0.3 is 9.80 Å². The van der Waals surface area contributed by atoms with Crippen LogP contribution in [0.2, 0.25) is 0 Å². The molecular weight excluding hydrogens is 276 g/mol. The first kappa shape index (κ1) is 15.3. The lowest BCUT2D eigenvalue weighted by Gasteiger charge is -2.31. The lowest BCUT2D eigenvalue weighted by atomic mass is 9.99. The number of amides is 1. The van der Waals surface area contributed by atoms with Gasteiger partial charge in [0.25, 0.3) is 5.91 Å². The molecule has 1 aromatic rings. The van der Waals surface area contributed by atoms with Crippen LogP contribution in [0, 0.1) is 11.8 Å². The van der Waals surface area contributed by atoms with Crippen LogP contribution in [0.1, 0.15) is 49.9 Å². The van der Waals surface area contributed by atoms with Crippen molar-refractivity contribution in [2.75, 3.05) is 31.1 Å². The zero-order valence-corrected chi connectivity index (χ0v) is 13.7. The number of anilines is 1. The van der Waals surface area contributed by atoms with E-state index in [1.165, 1.54) is 19.3 Å². The van der Waals surface area contributed by atoms with E-state index in [9.17, 15) is 4.79 Å². The van der Waals surface area contributed by atoms with Gasteiger partial charge in [0, 0.05) is 38.6 Å². The molecule has 3 heterocycles. The van der Waals surface area contributed by atoms with E-state index in [1.807, 2.05) is 4.90 Å². The average molecular weight is 302 g/mol. The van der Waals surface area contributed by atoms with Crippen LogP contribution in [0.4, 0.5) is 5.95 Å². The summed E-state index contributed by atoms with van der Waals surface area (Å²) < 4.78 is 0. The number of hydrogen-bond acceptors (Lipinski definition) is 4. The summed E-state index contributed by atoms with van der Waals surface area (Å²) in [4.78, 5) is 25.5. The third-order valence-electron chi connectivity index (χ3n) is 4.90. The smallest absolute Gasteiger partial charge is 0.257 e. The second kappa shape index (κ2) is 6.63. The normalized spacial score (nSPS) is 23.6. The Kier molecular flexibility index (Phi) is 4.60. The Morgan fingerprint density at radius 2 is 1.73 bits per heavy atom. The first-order valence-corrected chi connectivity index (χ1v) is 8.49. The summed E-state index contributed by atoms with van der Waals surface area (Å²) >= 11 is 0. The van der Waals surface area contributed by atoms with Gasteiger partial charge in [-0.1, -0.05) is 13.8 Å². The van der Waals surface area contributed by atoms with Gasteiger partial charge >= 0.3 is 0 Å². The van der Waals surface area contributed by atoms with E-state index in [-0.39, 0.29) is 5.91 Å². The number of piperidine rings is 2. The van der Waals surface area contributed by atoms with Gasteiger partial charge in [0.1, 0.15) is 0 Å². The maximum Gasteiger partial charge on any atom is 0.257 e. The van der Waals surface area contributed by atoms with Crippen molar-refractivity contribution in [3.8, 4) is 0 Å². The SMILES string of the molecule is CC1CCN(c2ncc(C(=O)N3CCCC(C)C3)cn2)CC1. The molecule has 0 bridgehead atoms. The van der Waals surface area contributed by atoms with Crippen molar-refractivity contribution in [1.29, 1.82) is 0 Å². The molecule has 5 nitrogen and oxygen atoms in total. The van der Waals surface area contributed by atoms with Crippen LogP contribution >= 0.6 is 0 Å². The number of aromatic nitrogens is 2. The van der Waals surface area contributed by atoms with Crippen LogP contribution in [0.3, 0.4) is 0 Å². The predicted octanol–water partition coefficient (Wildman–Crippen LogP) is 2.59. The zero-order valence-electron chi connectivity index (χ0n) is 13.7. The Morgan fingerprint density at radius 3 is 2.36 bits per heavy atom. The molecule has 22 heavy (non-hydrogen) atoms. The molecule has 2 saturated heterocycles. The Hall–Kier alpha value is -1.65. The van der Waals surface area contributed by atoms with E-state index in [1.54, 1.807) is 12.4 Å². The molecule has 1 aromatic heterocycles. The van der Waals surface area contributed by atoms with Crippen molar-refractivity contribution in [2.24, 2.45) is 11.8 Å². The largest absolute Gasteiger partial charge is 0.341 e. The molecule has 0 saturated carbocycles. The van der Waals surface area contributed by atoms with E-state index >= 15 is 0 Å². The third-order valence-corrected chi connectivity index (χ3v) is 4.90. The molecule has 0 aliphatic carbocycles. The summed E-state index contributed by atoms with van der Waals surface area (Å²) in [6, 6.07) is 0. The van der Waals surface area contributed by atoms with Crippen LogP contribution in [-0.2, 0) is 0 Å². The second-order valence-electron chi connectivity index (χ2n) is 6.94. The van der Waals surface area contributed by atoms with Gasteiger partial charge in [-0.25, -0.2) is 9.97 Å². The van der Waals surface area contributed by atoms with Crippen molar-refractivity contribution >= 4 is 11.9 Å². The topological polar surface area (TPSA) is 49.3 Å². The minimum absolute atomic E-state index is 0.0744. The fourth-order valence-corrected chi connectivity index (χ4v) is 3.36. The van der Waals surface area contributed by atoms with Gasteiger partial charge in [-0.3, -0.25) is 4.79 Å². The number of nitrogens with zero attached hydrogens (tertiary/aromatic N) is 4. The highest BCUT2D eigenvalue weighted by molar-refractivity contribution is 5.93. The van der Waals surface area contributed by atoms with Crippen molar-refractivity contribution in [3.63, 3.8) is 0 Å². The molecular formula is C17H26N4O. The maximum atomic E-state index is 12.5. The summed E-state index contributed by atoms with van der Waals surface area (Å²) in [6.45, 7) is 8.23. The maximum absolute atomic E-state index is 12.5. The molecule has 2 aliphatic heterocycles. The molecule has 3 rings (SSSR count). The fourth-order valence-electron chi connectivity index (χ4n) is 3.36. The molecule has 2 fully saturated rings. The number of hydrogen-bond donors (Lipinski definition) is 0. The molecule has 1 atom stereocenters. The highest BCUT2D eigenvalue weighted by Gasteiger charge is 2.23. The molecule has 0 radical (unpaired) electrons. The molecule has 0 aromatic carbocycles. The molecule has 0 spiro atoms. The Bertz CT molecular complexity index is 508. The van der Waals surface area contributed by atoms with Crippen LogP contribution < -0.4 is 4.90 Å². The minimum atomic E-state index is 0.0744. The van der Waals surface area contributed by atoms with Crippen molar-refractivity contribution in [1.82, 2.24) is 14.9 Å².